The van der Waals surface area contributed by atoms with Crippen LogP contribution in [-0.4, -0.2) is 69.4 Å². The first-order valence-corrected chi connectivity index (χ1v) is 12.5. The summed E-state index contributed by atoms with van der Waals surface area (Å²) in [6.07, 6.45) is 1.41. The fourth-order valence-corrected chi connectivity index (χ4v) is 5.36. The molecular formula is C24H24FN7O2S. The minimum absolute atomic E-state index is 0.0689. The number of nitrogens with zero attached hydrogens (tertiary/aromatic N) is 6. The average Bonchev–Trinajstić information content (AvgIpc) is 3.65. The van der Waals surface area contributed by atoms with Gasteiger partial charge in [-0.2, -0.15) is 4.98 Å². The van der Waals surface area contributed by atoms with Crippen molar-refractivity contribution in [2.45, 2.75) is 18.9 Å². The number of halogens is 1. The van der Waals surface area contributed by atoms with Crippen LogP contribution in [-0.2, 0) is 9.53 Å². The Morgan fingerprint density at radius 2 is 2.00 bits per heavy atom. The number of anilines is 2. The lowest BCUT2D eigenvalue weighted by Gasteiger charge is -2.35. The number of benzene rings is 1. The quantitative estimate of drug-likeness (QED) is 0.466. The second-order valence-electron chi connectivity index (χ2n) is 8.64. The second-order valence-corrected chi connectivity index (χ2v) is 9.59. The number of carbonyl (C=O) groups is 1. The summed E-state index contributed by atoms with van der Waals surface area (Å²) in [6.45, 7) is 3.02. The van der Waals surface area contributed by atoms with E-state index < -0.39 is 0 Å². The van der Waals surface area contributed by atoms with Gasteiger partial charge in [-0.1, -0.05) is 12.1 Å². The van der Waals surface area contributed by atoms with Crippen molar-refractivity contribution in [1.82, 2.24) is 24.6 Å². The van der Waals surface area contributed by atoms with Crippen LogP contribution in [0, 0.1) is 5.82 Å². The molecule has 35 heavy (non-hydrogen) atoms. The molecule has 0 saturated carbocycles. The fraction of sp³-hybridized carbons (Fsp3) is 0.333. The summed E-state index contributed by atoms with van der Waals surface area (Å²) in [4.78, 5) is 27.2. The number of fused-ring (bicyclic) bond motifs is 1. The number of nitrogens with two attached hydrogens (primary N) is 1. The molecule has 1 aromatic carbocycles. The van der Waals surface area contributed by atoms with Gasteiger partial charge in [0.15, 0.2) is 5.65 Å². The van der Waals surface area contributed by atoms with E-state index >= 15 is 0 Å². The maximum atomic E-state index is 13.9. The van der Waals surface area contributed by atoms with Crippen LogP contribution < -0.4 is 10.6 Å². The number of nitrogen functional groups attached to an aromatic ring is 1. The van der Waals surface area contributed by atoms with Crippen LogP contribution in [0.1, 0.15) is 12.8 Å². The zero-order chi connectivity index (χ0) is 23.9. The predicted octanol–water partition coefficient (Wildman–Crippen LogP) is 3.09. The number of hydrogen-bond acceptors (Lipinski definition) is 8. The standard InChI is InChI=1S/C24H24FN7O2S/c25-15-4-1-5-16(14-15)32-21(26)19-20(18-7-3-13-35-18)27-24(28-22(19)29-32)31-10-8-30(9-11-31)23(33)17-6-2-12-34-17/h1,3-5,7,13-14,17H,2,6,8-12,26H2/t17-/m0/s1. The highest BCUT2D eigenvalue weighted by atomic mass is 32.1. The molecule has 2 aliphatic rings. The highest BCUT2D eigenvalue weighted by molar-refractivity contribution is 7.13. The van der Waals surface area contributed by atoms with E-state index in [4.69, 9.17) is 20.4 Å². The fourth-order valence-electron chi connectivity index (χ4n) is 4.64. The first-order valence-electron chi connectivity index (χ1n) is 11.6. The van der Waals surface area contributed by atoms with Crippen molar-refractivity contribution in [3.05, 3.63) is 47.6 Å². The van der Waals surface area contributed by atoms with Gasteiger partial charge in [-0.15, -0.1) is 16.4 Å². The number of carbonyl (C=O) groups excluding carboxylic acids is 1. The molecule has 11 heteroatoms. The summed E-state index contributed by atoms with van der Waals surface area (Å²) in [5, 5.41) is 7.23. The molecule has 5 heterocycles. The Balaban J connectivity index is 1.35. The molecule has 180 valence electrons. The highest BCUT2D eigenvalue weighted by Crippen LogP contribution is 2.35. The Morgan fingerprint density at radius 3 is 2.71 bits per heavy atom. The number of piperazine rings is 1. The molecule has 0 aliphatic carbocycles. The van der Waals surface area contributed by atoms with Gasteiger partial charge < -0.3 is 20.3 Å². The number of ether oxygens (including phenoxy) is 1. The maximum absolute atomic E-state index is 13.9. The van der Waals surface area contributed by atoms with Crippen LogP contribution in [0.5, 0.6) is 0 Å². The van der Waals surface area contributed by atoms with E-state index in [0.717, 1.165) is 17.7 Å². The third-order valence-electron chi connectivity index (χ3n) is 6.44. The van der Waals surface area contributed by atoms with Gasteiger partial charge in [-0.3, -0.25) is 4.79 Å². The summed E-state index contributed by atoms with van der Waals surface area (Å²) in [7, 11) is 0. The van der Waals surface area contributed by atoms with Crippen molar-refractivity contribution in [3.63, 3.8) is 0 Å². The van der Waals surface area contributed by atoms with Gasteiger partial charge in [0.1, 0.15) is 17.7 Å². The van der Waals surface area contributed by atoms with E-state index in [0.29, 0.717) is 67.0 Å². The second kappa shape index (κ2) is 8.90. The third kappa shape index (κ3) is 4.00. The van der Waals surface area contributed by atoms with Gasteiger partial charge in [-0.25, -0.2) is 14.1 Å². The van der Waals surface area contributed by atoms with Crippen LogP contribution in [0.15, 0.2) is 41.8 Å². The minimum Gasteiger partial charge on any atom is -0.383 e. The van der Waals surface area contributed by atoms with E-state index in [-0.39, 0.29) is 17.8 Å². The first kappa shape index (κ1) is 21.9. The molecule has 4 aromatic rings. The Kier molecular flexibility index (Phi) is 5.57. The topological polar surface area (TPSA) is 102 Å². The van der Waals surface area contributed by atoms with Crippen LogP contribution in [0.4, 0.5) is 16.2 Å². The van der Waals surface area contributed by atoms with Gasteiger partial charge in [0.25, 0.3) is 5.91 Å². The van der Waals surface area contributed by atoms with E-state index in [1.54, 1.807) is 23.5 Å². The molecule has 6 rings (SSSR count). The molecule has 9 nitrogen and oxygen atoms in total. The van der Waals surface area contributed by atoms with Gasteiger partial charge in [0.05, 0.1) is 21.6 Å². The Labute approximate surface area is 204 Å². The van der Waals surface area contributed by atoms with Crippen molar-refractivity contribution in [1.29, 1.82) is 0 Å². The lowest BCUT2D eigenvalue weighted by molar-refractivity contribution is -0.141. The molecule has 0 spiro atoms. The minimum atomic E-state index is -0.373. The summed E-state index contributed by atoms with van der Waals surface area (Å²) < 4.78 is 21.0. The predicted molar refractivity (Wildman–Crippen MR) is 132 cm³/mol. The lowest BCUT2D eigenvalue weighted by atomic mass is 10.2. The van der Waals surface area contributed by atoms with Crippen molar-refractivity contribution in [2.75, 3.05) is 43.4 Å². The van der Waals surface area contributed by atoms with Crippen molar-refractivity contribution < 1.29 is 13.9 Å². The van der Waals surface area contributed by atoms with E-state index in [9.17, 15) is 9.18 Å². The van der Waals surface area contributed by atoms with Crippen molar-refractivity contribution >= 4 is 40.0 Å². The molecule has 2 N–H and O–H groups in total. The molecular weight excluding hydrogens is 469 g/mol. The van der Waals surface area contributed by atoms with Crippen LogP contribution in [0.25, 0.3) is 27.3 Å². The average molecular weight is 494 g/mol. The molecule has 2 fully saturated rings. The van der Waals surface area contributed by atoms with E-state index in [1.165, 1.54) is 16.8 Å². The lowest BCUT2D eigenvalue weighted by Crippen LogP contribution is -2.51. The number of thiophene rings is 1. The molecule has 0 unspecified atom stereocenters. The molecule has 1 amide bonds. The van der Waals surface area contributed by atoms with Gasteiger partial charge >= 0.3 is 0 Å². The van der Waals surface area contributed by atoms with Crippen molar-refractivity contribution in [3.8, 4) is 16.3 Å². The molecule has 1 atom stereocenters. The number of amides is 1. The molecule has 2 aliphatic heterocycles. The van der Waals surface area contributed by atoms with Gasteiger partial charge in [0, 0.05) is 32.8 Å². The Hall–Kier alpha value is -3.57. The summed E-state index contributed by atoms with van der Waals surface area (Å²) in [6, 6.07) is 10.1. The molecule has 3 aromatic heterocycles. The Morgan fingerprint density at radius 1 is 1.14 bits per heavy atom. The normalized spacial score (nSPS) is 18.5. The van der Waals surface area contributed by atoms with Crippen molar-refractivity contribution in [2.24, 2.45) is 0 Å². The first-order chi connectivity index (χ1) is 17.1. The van der Waals surface area contributed by atoms with E-state index in [1.807, 2.05) is 22.4 Å². The van der Waals surface area contributed by atoms with Crippen LogP contribution in [0.3, 0.4) is 0 Å². The van der Waals surface area contributed by atoms with Crippen LogP contribution in [0.2, 0.25) is 0 Å². The number of rotatable bonds is 4. The Bertz CT molecular complexity index is 1380. The van der Waals surface area contributed by atoms with Gasteiger partial charge in [-0.05, 0) is 42.5 Å². The summed E-state index contributed by atoms with van der Waals surface area (Å²) >= 11 is 1.55. The highest BCUT2D eigenvalue weighted by Gasteiger charge is 2.31. The van der Waals surface area contributed by atoms with Gasteiger partial charge in [0.2, 0.25) is 5.95 Å². The largest absolute Gasteiger partial charge is 0.383 e. The maximum Gasteiger partial charge on any atom is 0.251 e. The summed E-state index contributed by atoms with van der Waals surface area (Å²) in [5.41, 5.74) is 8.15. The molecule has 0 radical (unpaired) electrons. The zero-order valence-electron chi connectivity index (χ0n) is 18.9. The number of hydrogen-bond donors (Lipinski definition) is 1. The smallest absolute Gasteiger partial charge is 0.251 e. The zero-order valence-corrected chi connectivity index (χ0v) is 19.7. The van der Waals surface area contributed by atoms with Crippen LogP contribution >= 0.6 is 11.3 Å². The molecule has 0 bridgehead atoms. The third-order valence-corrected chi connectivity index (χ3v) is 7.32. The molecule has 2 saturated heterocycles. The number of aromatic nitrogens is 4. The summed E-state index contributed by atoms with van der Waals surface area (Å²) in [5.74, 6) is 0.586. The monoisotopic (exact) mass is 493 g/mol. The van der Waals surface area contributed by atoms with E-state index in [2.05, 4.69) is 10.00 Å². The SMILES string of the molecule is Nc1c2c(-c3cccs3)nc(N3CCN(C(=O)[C@@H]4CCCO4)CC3)nc2nn1-c1cccc(F)c1.